The summed E-state index contributed by atoms with van der Waals surface area (Å²) in [6, 6.07) is 10.3. The molecule has 0 aliphatic carbocycles. The zero-order valence-electron chi connectivity index (χ0n) is 21.2. The third-order valence-corrected chi connectivity index (χ3v) is 8.09. The van der Waals surface area contributed by atoms with Gasteiger partial charge in [-0.3, -0.25) is 19.3 Å². The second-order valence-corrected chi connectivity index (χ2v) is 10.2. The van der Waals surface area contributed by atoms with Crippen molar-refractivity contribution in [3.63, 3.8) is 0 Å². The van der Waals surface area contributed by atoms with Gasteiger partial charge in [0.05, 0.1) is 28.9 Å². The summed E-state index contributed by atoms with van der Waals surface area (Å²) in [7, 11) is 0. The molecule has 2 aliphatic rings. The number of anilines is 2. The summed E-state index contributed by atoms with van der Waals surface area (Å²) >= 11 is 0.889. The van der Waals surface area contributed by atoms with E-state index in [4.69, 9.17) is 9.15 Å². The average molecular weight is 548 g/mol. The second kappa shape index (κ2) is 8.84. The summed E-state index contributed by atoms with van der Waals surface area (Å²) in [6.07, 6.45) is 0.609. The number of esters is 1. The quantitative estimate of drug-likeness (QED) is 0.338. The molecule has 2 aliphatic heterocycles. The number of benzene rings is 2. The molecule has 0 N–H and O–H groups in total. The van der Waals surface area contributed by atoms with Crippen molar-refractivity contribution in [2.75, 3.05) is 23.0 Å². The molecular weight excluding hydrogens is 525 g/mol. The van der Waals surface area contributed by atoms with Crippen LogP contribution in [-0.2, 0) is 15.1 Å². The Bertz CT molecular complexity index is 1780. The van der Waals surface area contributed by atoms with E-state index >= 15 is 0 Å². The van der Waals surface area contributed by atoms with Gasteiger partial charge >= 0.3 is 5.97 Å². The Kier molecular flexibility index (Phi) is 5.65. The number of hydrogen-bond donors (Lipinski definition) is 0. The lowest BCUT2D eigenvalue weighted by molar-refractivity contribution is -0.121. The number of hydrogen-bond acceptors (Lipinski definition) is 8. The van der Waals surface area contributed by atoms with Crippen LogP contribution in [0.5, 0.6) is 0 Å². The third-order valence-electron chi connectivity index (χ3n) is 6.97. The number of amides is 2. The summed E-state index contributed by atoms with van der Waals surface area (Å²) in [5, 5.41) is -0.0624. The number of aromatic nitrogens is 1. The first-order chi connectivity index (χ1) is 18.7. The van der Waals surface area contributed by atoms with Crippen LogP contribution in [0, 0.1) is 12.7 Å². The molecular formula is C28H22FN3O6S. The Morgan fingerprint density at radius 1 is 1.15 bits per heavy atom. The maximum atomic E-state index is 14.5. The number of halogens is 1. The first-order valence-electron chi connectivity index (χ1n) is 12.4. The fraction of sp³-hybridized carbons (Fsp3) is 0.250. The smallest absolute Gasteiger partial charge is 0.350 e. The van der Waals surface area contributed by atoms with E-state index in [9.17, 15) is 23.6 Å². The molecule has 2 aromatic heterocycles. The zero-order valence-corrected chi connectivity index (χ0v) is 22.1. The van der Waals surface area contributed by atoms with Crippen LogP contribution in [0.25, 0.3) is 11.0 Å². The van der Waals surface area contributed by atoms with Crippen molar-refractivity contribution in [1.82, 2.24) is 4.98 Å². The molecule has 0 bridgehead atoms. The molecule has 0 saturated heterocycles. The monoisotopic (exact) mass is 547 g/mol. The number of fused-ring (bicyclic) bond motifs is 5. The van der Waals surface area contributed by atoms with Gasteiger partial charge in [-0.15, -0.1) is 0 Å². The summed E-state index contributed by atoms with van der Waals surface area (Å²) in [5.41, 5.74) is -1.61. The first-order valence-corrected chi connectivity index (χ1v) is 13.2. The van der Waals surface area contributed by atoms with E-state index in [1.165, 1.54) is 11.0 Å². The van der Waals surface area contributed by atoms with Gasteiger partial charge in [0.15, 0.2) is 16.1 Å². The Morgan fingerprint density at radius 2 is 1.92 bits per heavy atom. The molecule has 0 saturated carbocycles. The van der Waals surface area contributed by atoms with E-state index in [0.29, 0.717) is 29.9 Å². The average Bonchev–Trinajstić information content (AvgIpc) is 3.50. The predicted molar refractivity (Wildman–Crippen MR) is 142 cm³/mol. The van der Waals surface area contributed by atoms with E-state index < -0.39 is 34.6 Å². The summed E-state index contributed by atoms with van der Waals surface area (Å²) in [4.78, 5) is 62.7. The number of thiazole rings is 1. The Labute approximate surface area is 225 Å². The van der Waals surface area contributed by atoms with E-state index in [1.54, 1.807) is 38.1 Å². The van der Waals surface area contributed by atoms with Crippen molar-refractivity contribution < 1.29 is 27.9 Å². The van der Waals surface area contributed by atoms with Crippen molar-refractivity contribution in [1.29, 1.82) is 0 Å². The largest absolute Gasteiger partial charge is 0.462 e. The Morgan fingerprint density at radius 3 is 2.67 bits per heavy atom. The highest BCUT2D eigenvalue weighted by Gasteiger charge is 2.66. The summed E-state index contributed by atoms with van der Waals surface area (Å²) < 4.78 is 25.3. The molecule has 39 heavy (non-hydrogen) atoms. The van der Waals surface area contributed by atoms with E-state index in [2.05, 4.69) is 4.98 Å². The molecule has 0 fully saturated rings. The molecule has 0 radical (unpaired) electrons. The zero-order chi connectivity index (χ0) is 27.6. The fourth-order valence-corrected chi connectivity index (χ4v) is 6.46. The number of para-hydroxylation sites is 1. The van der Waals surface area contributed by atoms with Gasteiger partial charge in [0.1, 0.15) is 16.3 Å². The minimum absolute atomic E-state index is 0.0113. The lowest BCUT2D eigenvalue weighted by Crippen LogP contribution is -2.53. The van der Waals surface area contributed by atoms with Crippen molar-refractivity contribution in [3.8, 4) is 0 Å². The van der Waals surface area contributed by atoms with Crippen molar-refractivity contribution in [2.45, 2.75) is 32.7 Å². The highest BCUT2D eigenvalue weighted by atomic mass is 32.1. The number of carbonyl (C=O) groups excluding carboxylic acids is 3. The lowest BCUT2D eigenvalue weighted by atomic mass is 9.84. The minimum Gasteiger partial charge on any atom is -0.462 e. The maximum absolute atomic E-state index is 14.5. The van der Waals surface area contributed by atoms with Gasteiger partial charge in [-0.05, 0) is 44.5 Å². The van der Waals surface area contributed by atoms with Crippen LogP contribution < -0.4 is 15.2 Å². The first kappa shape index (κ1) is 24.9. The number of carbonyl (C=O) groups is 3. The van der Waals surface area contributed by atoms with E-state index in [0.717, 1.165) is 28.4 Å². The van der Waals surface area contributed by atoms with Gasteiger partial charge in [-0.25, -0.2) is 14.2 Å². The molecule has 4 aromatic rings. The van der Waals surface area contributed by atoms with Gasteiger partial charge in [-0.1, -0.05) is 36.5 Å². The third kappa shape index (κ3) is 3.26. The van der Waals surface area contributed by atoms with Crippen LogP contribution in [0.4, 0.5) is 15.2 Å². The topological polar surface area (TPSA) is 110 Å². The van der Waals surface area contributed by atoms with E-state index in [-0.39, 0.29) is 38.9 Å². The number of rotatable bonds is 5. The van der Waals surface area contributed by atoms with Crippen LogP contribution in [0.15, 0.2) is 51.7 Å². The molecule has 4 heterocycles. The van der Waals surface area contributed by atoms with Crippen LogP contribution >= 0.6 is 11.3 Å². The summed E-state index contributed by atoms with van der Waals surface area (Å²) in [6.45, 7) is 5.65. The fourth-order valence-electron chi connectivity index (χ4n) is 5.44. The van der Waals surface area contributed by atoms with Gasteiger partial charge < -0.3 is 14.1 Å². The number of nitrogens with zero attached hydrogens (tertiary/aromatic N) is 3. The van der Waals surface area contributed by atoms with Crippen LogP contribution in [0.2, 0.25) is 0 Å². The normalized spacial score (nSPS) is 17.8. The van der Waals surface area contributed by atoms with E-state index in [1.807, 2.05) is 6.92 Å². The van der Waals surface area contributed by atoms with Crippen molar-refractivity contribution >= 4 is 50.9 Å². The second-order valence-electron chi connectivity index (χ2n) is 9.23. The lowest BCUT2D eigenvalue weighted by Gasteiger charge is -2.32. The van der Waals surface area contributed by atoms with Crippen molar-refractivity contribution in [2.24, 2.45) is 0 Å². The Balaban J connectivity index is 1.72. The number of ether oxygens (including phenoxy) is 1. The highest BCUT2D eigenvalue weighted by molar-refractivity contribution is 7.17. The Hall–Kier alpha value is -4.38. The van der Waals surface area contributed by atoms with Crippen LogP contribution in [-0.4, -0.2) is 35.9 Å². The molecule has 2 aromatic carbocycles. The van der Waals surface area contributed by atoms with Gasteiger partial charge in [0.2, 0.25) is 5.76 Å². The molecule has 11 heteroatoms. The maximum Gasteiger partial charge on any atom is 0.350 e. The predicted octanol–water partition coefficient (Wildman–Crippen LogP) is 4.53. The molecule has 2 amide bonds. The molecule has 9 nitrogen and oxygen atoms in total. The standard InChI is InChI=1S/C28H22FN3O6S/c1-4-12-31-18-9-7-6-8-17(18)28(26(31)36)20-21(33)16-13-15(29)10-11-19(16)38-22(20)24(34)32(28)27-30-14(3)23(39-27)25(35)37-5-2/h6-11,13H,4-5,12H2,1-3H3. The van der Waals surface area contributed by atoms with Crippen molar-refractivity contribution in [3.05, 3.63) is 86.0 Å². The molecule has 1 spiro atoms. The van der Waals surface area contributed by atoms with Gasteiger partial charge in [0, 0.05) is 12.1 Å². The molecule has 6 rings (SSSR count). The molecule has 1 unspecified atom stereocenters. The highest BCUT2D eigenvalue weighted by Crippen LogP contribution is 2.54. The van der Waals surface area contributed by atoms with Crippen LogP contribution in [0.1, 0.15) is 57.3 Å². The van der Waals surface area contributed by atoms with Crippen LogP contribution in [0.3, 0.4) is 0 Å². The number of aryl methyl sites for hydroxylation is 1. The molecule has 198 valence electrons. The summed E-state index contributed by atoms with van der Waals surface area (Å²) in [5.74, 6) is -2.90. The minimum atomic E-state index is -1.96. The SMILES string of the molecule is CCCN1C(=O)C2(c3ccccc31)c1c(oc3ccc(F)cc3c1=O)C(=O)N2c1nc(C)c(C(=O)OCC)s1. The molecule has 1 atom stereocenters. The van der Waals surface area contributed by atoms with Gasteiger partial charge in [0.25, 0.3) is 11.8 Å². The van der Waals surface area contributed by atoms with Gasteiger partial charge in [-0.2, -0.15) is 0 Å².